The van der Waals surface area contributed by atoms with Crippen LogP contribution in [0.5, 0.6) is 0 Å². The van der Waals surface area contributed by atoms with Crippen LogP contribution in [0.4, 0.5) is 0 Å². The summed E-state index contributed by atoms with van der Waals surface area (Å²) in [6.07, 6.45) is 11.1. The first-order chi connectivity index (χ1) is 7.88. The molecule has 0 saturated heterocycles. The van der Waals surface area contributed by atoms with E-state index in [9.17, 15) is 0 Å². The van der Waals surface area contributed by atoms with Crippen molar-refractivity contribution >= 4 is 0 Å². The van der Waals surface area contributed by atoms with E-state index >= 15 is 0 Å². The fraction of sp³-hybridized carbons (Fsp3) is 0.857. The summed E-state index contributed by atoms with van der Waals surface area (Å²) in [5.74, 6) is 0. The van der Waals surface area contributed by atoms with Gasteiger partial charge in [0.1, 0.15) is 0 Å². The number of ether oxygens (including phenoxy) is 1. The average molecular weight is 225 g/mol. The smallest absolute Gasteiger partial charge is 0.0876 e. The highest BCUT2D eigenvalue weighted by Gasteiger charge is 2.15. The number of likely N-dealkylation sites (N-methyl/N-ethyl adjacent to an activating group) is 1. The molecule has 0 aromatic carbocycles. The van der Waals surface area contributed by atoms with Gasteiger partial charge in [-0.2, -0.15) is 0 Å². The van der Waals surface area contributed by atoms with Crippen molar-refractivity contribution in [3.05, 3.63) is 11.8 Å². The van der Waals surface area contributed by atoms with Crippen LogP contribution in [0, 0.1) is 0 Å². The summed E-state index contributed by atoms with van der Waals surface area (Å²) in [5.41, 5.74) is 1.48. The molecule has 0 spiro atoms. The van der Waals surface area contributed by atoms with Crippen LogP contribution in [0.2, 0.25) is 0 Å². The first kappa shape index (κ1) is 13.6. The lowest BCUT2D eigenvalue weighted by Gasteiger charge is -2.24. The van der Waals surface area contributed by atoms with Crippen LogP contribution in [-0.4, -0.2) is 19.2 Å². The molecule has 1 aliphatic heterocycles. The lowest BCUT2D eigenvalue weighted by atomic mass is 9.96. The van der Waals surface area contributed by atoms with Gasteiger partial charge in [-0.25, -0.2) is 0 Å². The van der Waals surface area contributed by atoms with E-state index in [0.717, 1.165) is 13.2 Å². The Kier molecular flexibility index (Phi) is 7.32. The standard InChI is InChI=1S/C14H27NO/c1-3-5-6-7-10-14(15-4-2)13-9-8-11-16-12-13/h12,14-15H,3-11H2,1-2H3. The van der Waals surface area contributed by atoms with Gasteiger partial charge in [0.25, 0.3) is 0 Å². The normalized spacial score (nSPS) is 17.8. The van der Waals surface area contributed by atoms with Crippen molar-refractivity contribution in [2.75, 3.05) is 13.2 Å². The molecule has 0 bridgehead atoms. The maximum Gasteiger partial charge on any atom is 0.0876 e. The topological polar surface area (TPSA) is 21.3 Å². The van der Waals surface area contributed by atoms with Crippen molar-refractivity contribution in [2.45, 2.75) is 64.8 Å². The van der Waals surface area contributed by atoms with Gasteiger partial charge < -0.3 is 10.1 Å². The van der Waals surface area contributed by atoms with Crippen LogP contribution in [0.15, 0.2) is 11.8 Å². The monoisotopic (exact) mass is 225 g/mol. The SMILES string of the molecule is CCCCCCC(NCC)C1=COCCC1. The summed E-state index contributed by atoms with van der Waals surface area (Å²) in [5, 5.41) is 3.58. The van der Waals surface area contributed by atoms with Gasteiger partial charge in [0.05, 0.1) is 12.9 Å². The van der Waals surface area contributed by atoms with Crippen LogP contribution in [0.25, 0.3) is 0 Å². The Labute approximate surface area is 100 Å². The average Bonchev–Trinajstić information content (AvgIpc) is 2.34. The Morgan fingerprint density at radius 3 is 2.81 bits per heavy atom. The lowest BCUT2D eigenvalue weighted by Crippen LogP contribution is -2.31. The molecule has 0 radical (unpaired) electrons. The summed E-state index contributed by atoms with van der Waals surface area (Å²) in [4.78, 5) is 0. The molecule has 2 heteroatoms. The van der Waals surface area contributed by atoms with Crippen LogP contribution in [0.3, 0.4) is 0 Å². The molecule has 16 heavy (non-hydrogen) atoms. The van der Waals surface area contributed by atoms with Crippen molar-refractivity contribution in [3.8, 4) is 0 Å². The summed E-state index contributed by atoms with van der Waals surface area (Å²) < 4.78 is 5.43. The molecule has 1 aliphatic rings. The molecular formula is C14H27NO. The number of hydrogen-bond acceptors (Lipinski definition) is 2. The van der Waals surface area contributed by atoms with E-state index in [4.69, 9.17) is 4.74 Å². The zero-order valence-corrected chi connectivity index (χ0v) is 10.9. The van der Waals surface area contributed by atoms with Crippen molar-refractivity contribution in [1.82, 2.24) is 5.32 Å². The van der Waals surface area contributed by atoms with E-state index in [-0.39, 0.29) is 0 Å². The highest BCUT2D eigenvalue weighted by atomic mass is 16.5. The van der Waals surface area contributed by atoms with Crippen LogP contribution in [0.1, 0.15) is 58.8 Å². The van der Waals surface area contributed by atoms with Gasteiger partial charge in [-0.3, -0.25) is 0 Å². The Hall–Kier alpha value is -0.500. The van der Waals surface area contributed by atoms with Gasteiger partial charge in [-0.1, -0.05) is 39.5 Å². The van der Waals surface area contributed by atoms with Crippen molar-refractivity contribution in [3.63, 3.8) is 0 Å². The Morgan fingerprint density at radius 2 is 2.19 bits per heavy atom. The number of nitrogens with one attached hydrogen (secondary N) is 1. The third-order valence-electron chi connectivity index (χ3n) is 3.21. The molecule has 0 aromatic rings. The molecule has 1 rings (SSSR count). The van der Waals surface area contributed by atoms with Crippen molar-refractivity contribution in [1.29, 1.82) is 0 Å². The second-order valence-corrected chi connectivity index (χ2v) is 4.63. The first-order valence-electron chi connectivity index (χ1n) is 6.92. The van der Waals surface area contributed by atoms with Gasteiger partial charge in [0.15, 0.2) is 0 Å². The Balaban J connectivity index is 2.31. The summed E-state index contributed by atoms with van der Waals surface area (Å²) in [6.45, 7) is 6.40. The third kappa shape index (κ3) is 5.02. The molecule has 1 atom stereocenters. The van der Waals surface area contributed by atoms with Crippen LogP contribution in [-0.2, 0) is 4.74 Å². The predicted octanol–water partition coefficient (Wildman–Crippen LogP) is 3.63. The summed E-state index contributed by atoms with van der Waals surface area (Å²) in [7, 11) is 0. The van der Waals surface area contributed by atoms with Gasteiger partial charge >= 0.3 is 0 Å². The largest absolute Gasteiger partial charge is 0.501 e. The molecule has 1 heterocycles. The second-order valence-electron chi connectivity index (χ2n) is 4.63. The molecule has 94 valence electrons. The zero-order chi connectivity index (χ0) is 11.6. The van der Waals surface area contributed by atoms with E-state index in [1.54, 1.807) is 0 Å². The van der Waals surface area contributed by atoms with Crippen molar-refractivity contribution < 1.29 is 4.74 Å². The maximum atomic E-state index is 5.43. The van der Waals surface area contributed by atoms with E-state index in [0.29, 0.717) is 6.04 Å². The first-order valence-corrected chi connectivity index (χ1v) is 6.92. The maximum absolute atomic E-state index is 5.43. The number of rotatable bonds is 8. The highest BCUT2D eigenvalue weighted by Crippen LogP contribution is 2.20. The van der Waals surface area contributed by atoms with Gasteiger partial charge in [0, 0.05) is 6.04 Å². The number of hydrogen-bond donors (Lipinski definition) is 1. The molecule has 2 nitrogen and oxygen atoms in total. The minimum atomic E-state index is 0.558. The van der Waals surface area contributed by atoms with E-state index in [1.807, 2.05) is 6.26 Å². The predicted molar refractivity (Wildman–Crippen MR) is 69.5 cm³/mol. The Bertz CT molecular complexity index is 201. The van der Waals surface area contributed by atoms with Gasteiger partial charge in [-0.05, 0) is 31.4 Å². The minimum Gasteiger partial charge on any atom is -0.501 e. The number of unbranched alkanes of at least 4 members (excludes halogenated alkanes) is 3. The quantitative estimate of drug-likeness (QED) is 0.637. The fourth-order valence-corrected chi connectivity index (χ4v) is 2.28. The molecule has 1 N–H and O–H groups in total. The highest BCUT2D eigenvalue weighted by molar-refractivity contribution is 5.09. The molecule has 1 unspecified atom stereocenters. The summed E-state index contributed by atoms with van der Waals surface area (Å²) >= 11 is 0. The summed E-state index contributed by atoms with van der Waals surface area (Å²) in [6, 6.07) is 0.558. The minimum absolute atomic E-state index is 0.558. The molecule has 0 aromatic heterocycles. The van der Waals surface area contributed by atoms with Gasteiger partial charge in [0.2, 0.25) is 0 Å². The van der Waals surface area contributed by atoms with E-state index < -0.39 is 0 Å². The van der Waals surface area contributed by atoms with Crippen LogP contribution >= 0.6 is 0 Å². The molecule has 0 amide bonds. The molecule has 0 aliphatic carbocycles. The third-order valence-corrected chi connectivity index (χ3v) is 3.21. The van der Waals surface area contributed by atoms with Gasteiger partial charge in [-0.15, -0.1) is 0 Å². The van der Waals surface area contributed by atoms with E-state index in [1.165, 1.54) is 50.5 Å². The molecule has 0 saturated carbocycles. The molecular weight excluding hydrogens is 198 g/mol. The Morgan fingerprint density at radius 1 is 1.31 bits per heavy atom. The van der Waals surface area contributed by atoms with Crippen molar-refractivity contribution in [2.24, 2.45) is 0 Å². The fourth-order valence-electron chi connectivity index (χ4n) is 2.28. The molecule has 0 fully saturated rings. The second kappa shape index (κ2) is 8.63. The van der Waals surface area contributed by atoms with E-state index in [2.05, 4.69) is 19.2 Å². The van der Waals surface area contributed by atoms with Crippen LogP contribution < -0.4 is 5.32 Å². The lowest BCUT2D eigenvalue weighted by molar-refractivity contribution is 0.218. The zero-order valence-electron chi connectivity index (χ0n) is 10.9.